The predicted molar refractivity (Wildman–Crippen MR) is 115 cm³/mol. The number of hydrogen-bond donors (Lipinski definition) is 0. The van der Waals surface area contributed by atoms with E-state index in [9.17, 15) is 9.18 Å². The predicted octanol–water partition coefficient (Wildman–Crippen LogP) is 4.47. The number of hydrogen-bond acceptors (Lipinski definition) is 4. The summed E-state index contributed by atoms with van der Waals surface area (Å²) >= 11 is 0. The lowest BCUT2D eigenvalue weighted by Gasteiger charge is -2.09. The molecule has 0 saturated heterocycles. The van der Waals surface area contributed by atoms with E-state index in [1.54, 1.807) is 27.6 Å². The minimum Gasteiger partial charge on any atom is -0.299 e. The van der Waals surface area contributed by atoms with Crippen molar-refractivity contribution >= 4 is 33.2 Å². The molecule has 0 aliphatic heterocycles. The van der Waals surface area contributed by atoms with Gasteiger partial charge in [0, 0.05) is 6.54 Å². The Hall–Kier alpha value is -3.61. The van der Waals surface area contributed by atoms with E-state index in [2.05, 4.69) is 18.8 Å². The maximum atomic E-state index is 14.0. The number of halogens is 1. The maximum absolute atomic E-state index is 14.0. The SMILES string of the molecule is CC(C)CCn1cnc2c(c1=O)c1nc3ccccc3nc1n2-c1cccc(F)c1. The standard InChI is InChI=1S/C23H20FN5O/c1-14(2)10-11-28-13-25-21-19(23(28)30)20-22(27-18-9-4-3-8-17(18)26-20)29(21)16-7-5-6-15(24)12-16/h3-9,12-14H,10-11H2,1-2H3. The molecule has 150 valence electrons. The van der Waals surface area contributed by atoms with Gasteiger partial charge >= 0.3 is 0 Å². The summed E-state index contributed by atoms with van der Waals surface area (Å²) in [5, 5.41) is 0.402. The van der Waals surface area contributed by atoms with Gasteiger partial charge in [0.25, 0.3) is 5.56 Å². The van der Waals surface area contributed by atoms with Crippen LogP contribution in [0.1, 0.15) is 20.3 Å². The number of aryl methyl sites for hydroxylation is 1. The van der Waals surface area contributed by atoms with Crippen molar-refractivity contribution in [2.24, 2.45) is 5.92 Å². The zero-order chi connectivity index (χ0) is 20.8. The van der Waals surface area contributed by atoms with Crippen LogP contribution < -0.4 is 5.56 Å². The summed E-state index contributed by atoms with van der Waals surface area (Å²) in [6, 6.07) is 13.7. The van der Waals surface area contributed by atoms with Crippen LogP contribution >= 0.6 is 0 Å². The Morgan fingerprint density at radius 1 is 1.00 bits per heavy atom. The van der Waals surface area contributed by atoms with E-state index in [4.69, 9.17) is 9.97 Å². The molecule has 0 unspecified atom stereocenters. The van der Waals surface area contributed by atoms with E-state index in [1.165, 1.54) is 12.1 Å². The smallest absolute Gasteiger partial charge is 0.265 e. The topological polar surface area (TPSA) is 65.6 Å². The summed E-state index contributed by atoms with van der Waals surface area (Å²) in [5.74, 6) is 0.0893. The molecule has 0 N–H and O–H groups in total. The van der Waals surface area contributed by atoms with E-state index < -0.39 is 0 Å². The second-order valence-corrected chi connectivity index (χ2v) is 7.82. The molecule has 0 saturated carbocycles. The van der Waals surface area contributed by atoms with E-state index in [-0.39, 0.29) is 11.4 Å². The number of benzene rings is 2. The van der Waals surface area contributed by atoms with E-state index in [1.807, 2.05) is 24.3 Å². The van der Waals surface area contributed by atoms with Crippen molar-refractivity contribution in [2.45, 2.75) is 26.8 Å². The fourth-order valence-electron chi connectivity index (χ4n) is 3.69. The maximum Gasteiger partial charge on any atom is 0.265 e. The van der Waals surface area contributed by atoms with Crippen molar-refractivity contribution in [2.75, 3.05) is 0 Å². The number of para-hydroxylation sites is 2. The Labute approximate surface area is 171 Å². The lowest BCUT2D eigenvalue weighted by molar-refractivity contribution is 0.506. The first-order chi connectivity index (χ1) is 14.5. The van der Waals surface area contributed by atoms with Gasteiger partial charge in [-0.05, 0) is 42.7 Å². The highest BCUT2D eigenvalue weighted by Gasteiger charge is 2.21. The van der Waals surface area contributed by atoms with Crippen LogP contribution in [0.25, 0.3) is 38.9 Å². The Kier molecular flexibility index (Phi) is 4.31. The molecule has 0 bridgehead atoms. The number of rotatable bonds is 4. The van der Waals surface area contributed by atoms with Crippen LogP contribution in [0.15, 0.2) is 59.7 Å². The fraction of sp³-hybridized carbons (Fsp3) is 0.217. The van der Waals surface area contributed by atoms with E-state index in [0.29, 0.717) is 51.4 Å². The van der Waals surface area contributed by atoms with Gasteiger partial charge in [-0.1, -0.05) is 32.0 Å². The largest absolute Gasteiger partial charge is 0.299 e. The molecule has 0 radical (unpaired) electrons. The first-order valence-corrected chi connectivity index (χ1v) is 9.95. The molecule has 0 fully saturated rings. The number of aromatic nitrogens is 5. The molecule has 3 heterocycles. The summed E-state index contributed by atoms with van der Waals surface area (Å²) in [5.41, 5.74) is 3.17. The van der Waals surface area contributed by atoms with Gasteiger partial charge in [-0.15, -0.1) is 0 Å². The lowest BCUT2D eigenvalue weighted by atomic mass is 10.1. The van der Waals surface area contributed by atoms with Gasteiger partial charge in [-0.3, -0.25) is 13.9 Å². The number of fused-ring (bicyclic) bond motifs is 4. The zero-order valence-corrected chi connectivity index (χ0v) is 16.7. The first-order valence-electron chi connectivity index (χ1n) is 9.95. The Morgan fingerprint density at radius 3 is 2.50 bits per heavy atom. The Morgan fingerprint density at radius 2 is 1.77 bits per heavy atom. The van der Waals surface area contributed by atoms with Crippen molar-refractivity contribution in [1.82, 2.24) is 24.1 Å². The molecule has 2 aromatic carbocycles. The molecule has 30 heavy (non-hydrogen) atoms. The van der Waals surface area contributed by atoms with Crippen LogP contribution in [0.3, 0.4) is 0 Å². The van der Waals surface area contributed by atoms with Crippen molar-refractivity contribution in [3.05, 3.63) is 71.0 Å². The average molecular weight is 401 g/mol. The fourth-order valence-corrected chi connectivity index (χ4v) is 3.69. The highest BCUT2D eigenvalue weighted by atomic mass is 19.1. The molecule has 0 amide bonds. The molecule has 0 aliphatic rings. The van der Waals surface area contributed by atoms with Gasteiger partial charge in [0.2, 0.25) is 0 Å². The summed E-state index contributed by atoms with van der Waals surface area (Å²) < 4.78 is 17.3. The second kappa shape index (κ2) is 7.02. The Balaban J connectivity index is 1.90. The van der Waals surface area contributed by atoms with E-state index in [0.717, 1.165) is 6.42 Å². The van der Waals surface area contributed by atoms with Gasteiger partial charge < -0.3 is 0 Å². The third kappa shape index (κ3) is 2.94. The lowest BCUT2D eigenvalue weighted by Crippen LogP contribution is -2.21. The highest BCUT2D eigenvalue weighted by Crippen LogP contribution is 2.28. The third-order valence-corrected chi connectivity index (χ3v) is 5.24. The molecule has 5 rings (SSSR count). The minimum absolute atomic E-state index is 0.162. The van der Waals surface area contributed by atoms with Crippen LogP contribution in [-0.4, -0.2) is 24.1 Å². The van der Waals surface area contributed by atoms with Crippen molar-refractivity contribution in [3.8, 4) is 5.69 Å². The molecule has 0 aliphatic carbocycles. The minimum atomic E-state index is -0.374. The molecule has 7 heteroatoms. The molecular formula is C23H20FN5O. The van der Waals surface area contributed by atoms with E-state index >= 15 is 0 Å². The average Bonchev–Trinajstić information content (AvgIpc) is 3.05. The van der Waals surface area contributed by atoms with Crippen LogP contribution in [0.5, 0.6) is 0 Å². The monoisotopic (exact) mass is 401 g/mol. The summed E-state index contributed by atoms with van der Waals surface area (Å²) in [4.78, 5) is 27.4. The van der Waals surface area contributed by atoms with Gasteiger partial charge in [0.05, 0.1) is 23.0 Å². The quantitative estimate of drug-likeness (QED) is 0.446. The van der Waals surface area contributed by atoms with Crippen LogP contribution in [0, 0.1) is 11.7 Å². The molecule has 3 aromatic heterocycles. The third-order valence-electron chi connectivity index (χ3n) is 5.24. The summed E-state index contributed by atoms with van der Waals surface area (Å²) in [6.07, 6.45) is 2.42. The van der Waals surface area contributed by atoms with Gasteiger partial charge in [0.1, 0.15) is 16.7 Å². The van der Waals surface area contributed by atoms with Gasteiger partial charge in [-0.25, -0.2) is 19.3 Å². The van der Waals surface area contributed by atoms with Crippen molar-refractivity contribution in [3.63, 3.8) is 0 Å². The summed E-state index contributed by atoms with van der Waals surface area (Å²) in [7, 11) is 0. The zero-order valence-electron chi connectivity index (χ0n) is 16.7. The van der Waals surface area contributed by atoms with Gasteiger partial charge in [0.15, 0.2) is 11.3 Å². The highest BCUT2D eigenvalue weighted by molar-refractivity contribution is 6.05. The molecule has 0 spiro atoms. The van der Waals surface area contributed by atoms with Gasteiger partial charge in [-0.2, -0.15) is 0 Å². The Bertz CT molecular complexity index is 1470. The second-order valence-electron chi connectivity index (χ2n) is 7.82. The van der Waals surface area contributed by atoms with Crippen LogP contribution in [-0.2, 0) is 6.54 Å². The van der Waals surface area contributed by atoms with Crippen LogP contribution in [0.2, 0.25) is 0 Å². The first kappa shape index (κ1) is 18.4. The molecule has 0 atom stereocenters. The summed E-state index contributed by atoms with van der Waals surface area (Å²) in [6.45, 7) is 4.81. The molecule has 6 nitrogen and oxygen atoms in total. The molecular weight excluding hydrogens is 381 g/mol. The normalized spacial score (nSPS) is 11.9. The van der Waals surface area contributed by atoms with Crippen LogP contribution in [0.4, 0.5) is 4.39 Å². The van der Waals surface area contributed by atoms with Crippen molar-refractivity contribution in [1.29, 1.82) is 0 Å². The molecule has 5 aromatic rings. The van der Waals surface area contributed by atoms with Crippen molar-refractivity contribution < 1.29 is 4.39 Å². The number of nitrogens with zero attached hydrogens (tertiary/aromatic N) is 5.